The summed E-state index contributed by atoms with van der Waals surface area (Å²) in [6, 6.07) is 15.9. The number of nitrogens with zero attached hydrogens (tertiary/aromatic N) is 1. The normalized spacial score (nSPS) is 22.2. The van der Waals surface area contributed by atoms with Gasteiger partial charge in [0.05, 0.1) is 12.5 Å². The van der Waals surface area contributed by atoms with Gasteiger partial charge in [0.15, 0.2) is 0 Å². The van der Waals surface area contributed by atoms with Crippen molar-refractivity contribution < 1.29 is 24.2 Å². The van der Waals surface area contributed by atoms with Crippen molar-refractivity contribution in [1.82, 2.24) is 10.2 Å². The number of nitrogens with one attached hydrogen (secondary N) is 1. The van der Waals surface area contributed by atoms with Gasteiger partial charge in [0.1, 0.15) is 6.61 Å². The van der Waals surface area contributed by atoms with Crippen LogP contribution in [0.2, 0.25) is 0 Å². The lowest BCUT2D eigenvalue weighted by Gasteiger charge is -2.20. The van der Waals surface area contributed by atoms with Crippen LogP contribution in [0.5, 0.6) is 0 Å². The van der Waals surface area contributed by atoms with Crippen LogP contribution in [-0.2, 0) is 14.3 Å². The molecule has 7 nitrogen and oxygen atoms in total. The van der Waals surface area contributed by atoms with E-state index in [1.54, 1.807) is 4.90 Å². The Morgan fingerprint density at radius 2 is 1.70 bits per heavy atom. The SMILES string of the molecule is O=C(NCC#CC(=O)N1[C@H]2CC[C@@H]1[C@H](C(=O)O)C2)OCC1c2ccccc2-c2ccccc21. The third kappa shape index (κ3) is 3.82. The Bertz CT molecular complexity index is 1130. The first-order chi connectivity index (χ1) is 16.0. The molecule has 5 rings (SSSR count). The predicted octanol–water partition coefficient (Wildman–Crippen LogP) is 2.99. The van der Waals surface area contributed by atoms with E-state index in [0.717, 1.165) is 28.7 Å². The largest absolute Gasteiger partial charge is 0.481 e. The zero-order valence-corrected chi connectivity index (χ0v) is 18.0. The maximum atomic E-state index is 12.5. The van der Waals surface area contributed by atoms with Crippen LogP contribution in [0, 0.1) is 17.8 Å². The molecule has 2 aliphatic heterocycles. The summed E-state index contributed by atoms with van der Waals surface area (Å²) in [6.45, 7) is 0.188. The van der Waals surface area contributed by atoms with Crippen molar-refractivity contribution in [2.75, 3.05) is 13.2 Å². The maximum Gasteiger partial charge on any atom is 0.407 e. The molecule has 3 aliphatic rings. The van der Waals surface area contributed by atoms with E-state index in [-0.39, 0.29) is 37.1 Å². The fourth-order valence-corrected chi connectivity index (χ4v) is 5.52. The molecule has 0 spiro atoms. The number of carbonyl (C=O) groups excluding carboxylic acids is 2. The van der Waals surface area contributed by atoms with E-state index >= 15 is 0 Å². The highest BCUT2D eigenvalue weighted by atomic mass is 16.5. The molecule has 33 heavy (non-hydrogen) atoms. The molecule has 3 atom stereocenters. The Hall–Kier alpha value is -3.79. The summed E-state index contributed by atoms with van der Waals surface area (Å²) >= 11 is 0. The number of carboxylic acid groups (broad SMARTS) is 1. The Labute approximate surface area is 191 Å². The number of carboxylic acids is 1. The fraction of sp³-hybridized carbons (Fsp3) is 0.346. The fourth-order valence-electron chi connectivity index (χ4n) is 5.52. The number of benzene rings is 2. The molecule has 0 radical (unpaired) electrons. The summed E-state index contributed by atoms with van der Waals surface area (Å²) in [5, 5.41) is 11.9. The summed E-state index contributed by atoms with van der Waals surface area (Å²) < 4.78 is 5.45. The monoisotopic (exact) mass is 444 g/mol. The van der Waals surface area contributed by atoms with Gasteiger partial charge in [-0.25, -0.2) is 4.79 Å². The maximum absolute atomic E-state index is 12.5. The van der Waals surface area contributed by atoms with E-state index in [1.165, 1.54) is 0 Å². The second-order valence-corrected chi connectivity index (χ2v) is 8.67. The molecule has 2 N–H and O–H groups in total. The van der Waals surface area contributed by atoms with Crippen molar-refractivity contribution in [2.45, 2.75) is 37.3 Å². The van der Waals surface area contributed by atoms with E-state index in [0.29, 0.717) is 12.8 Å². The van der Waals surface area contributed by atoms with Crippen LogP contribution in [0.4, 0.5) is 4.79 Å². The first-order valence-corrected chi connectivity index (χ1v) is 11.2. The number of hydrogen-bond acceptors (Lipinski definition) is 4. The van der Waals surface area contributed by atoms with E-state index in [4.69, 9.17) is 4.74 Å². The molecule has 168 valence electrons. The molecule has 2 bridgehead atoms. The Morgan fingerprint density at radius 3 is 2.33 bits per heavy atom. The third-order valence-corrected chi connectivity index (χ3v) is 6.95. The van der Waals surface area contributed by atoms with E-state index in [1.807, 2.05) is 24.3 Å². The Kier molecular flexibility index (Phi) is 5.51. The first kappa shape index (κ1) is 21.1. The van der Waals surface area contributed by atoms with Gasteiger partial charge in [-0.05, 0) is 47.4 Å². The summed E-state index contributed by atoms with van der Waals surface area (Å²) in [5.41, 5.74) is 4.59. The van der Waals surface area contributed by atoms with Crippen LogP contribution in [0.15, 0.2) is 48.5 Å². The number of carbonyl (C=O) groups is 3. The Balaban J connectivity index is 1.14. The van der Waals surface area contributed by atoms with Crippen molar-refractivity contribution in [3.05, 3.63) is 59.7 Å². The van der Waals surface area contributed by atoms with Crippen molar-refractivity contribution in [3.8, 4) is 23.0 Å². The van der Waals surface area contributed by atoms with Crippen molar-refractivity contribution in [2.24, 2.45) is 5.92 Å². The van der Waals surface area contributed by atoms with E-state index < -0.39 is 18.0 Å². The van der Waals surface area contributed by atoms with Gasteiger partial charge in [-0.2, -0.15) is 0 Å². The molecule has 2 aromatic rings. The van der Waals surface area contributed by atoms with Gasteiger partial charge in [0.25, 0.3) is 5.91 Å². The molecule has 2 amide bonds. The molecule has 1 aliphatic carbocycles. The van der Waals surface area contributed by atoms with Crippen LogP contribution in [-0.4, -0.2) is 53.2 Å². The number of hydrogen-bond donors (Lipinski definition) is 2. The predicted molar refractivity (Wildman–Crippen MR) is 120 cm³/mol. The highest BCUT2D eigenvalue weighted by Gasteiger charge is 2.51. The second-order valence-electron chi connectivity index (χ2n) is 8.67. The Morgan fingerprint density at radius 1 is 1.03 bits per heavy atom. The van der Waals surface area contributed by atoms with Gasteiger partial charge < -0.3 is 20.1 Å². The third-order valence-electron chi connectivity index (χ3n) is 6.95. The summed E-state index contributed by atoms with van der Waals surface area (Å²) in [7, 11) is 0. The second kappa shape index (κ2) is 8.62. The lowest BCUT2D eigenvalue weighted by molar-refractivity contribution is -0.142. The van der Waals surface area contributed by atoms with Crippen molar-refractivity contribution in [1.29, 1.82) is 0 Å². The van der Waals surface area contributed by atoms with E-state index in [9.17, 15) is 19.5 Å². The number of ether oxygens (including phenoxy) is 1. The number of amides is 2. The van der Waals surface area contributed by atoms with Gasteiger partial charge in [0.2, 0.25) is 0 Å². The van der Waals surface area contributed by atoms with Gasteiger partial charge in [0, 0.05) is 18.0 Å². The zero-order chi connectivity index (χ0) is 22.9. The molecule has 2 heterocycles. The minimum absolute atomic E-state index is 0.0199. The molecular formula is C26H24N2O5. The first-order valence-electron chi connectivity index (χ1n) is 11.2. The molecule has 0 saturated carbocycles. The topological polar surface area (TPSA) is 95.9 Å². The molecular weight excluding hydrogens is 420 g/mol. The summed E-state index contributed by atoms with van der Waals surface area (Å²) in [5.74, 6) is 3.44. The van der Waals surface area contributed by atoms with Gasteiger partial charge in [-0.3, -0.25) is 9.59 Å². The average molecular weight is 444 g/mol. The highest BCUT2D eigenvalue weighted by Crippen LogP contribution is 2.44. The lowest BCUT2D eigenvalue weighted by Crippen LogP contribution is -2.37. The number of fused-ring (bicyclic) bond motifs is 5. The summed E-state index contributed by atoms with van der Waals surface area (Å²) in [6.07, 6.45) is 1.42. The minimum atomic E-state index is -0.857. The van der Waals surface area contributed by atoms with Crippen LogP contribution < -0.4 is 5.32 Å². The smallest absolute Gasteiger partial charge is 0.407 e. The molecule has 0 unspecified atom stereocenters. The van der Waals surface area contributed by atoms with Crippen LogP contribution in [0.1, 0.15) is 36.3 Å². The lowest BCUT2D eigenvalue weighted by atomic mass is 9.89. The van der Waals surface area contributed by atoms with E-state index in [2.05, 4.69) is 41.4 Å². The molecule has 2 saturated heterocycles. The molecule has 0 aromatic heterocycles. The van der Waals surface area contributed by atoms with Crippen LogP contribution >= 0.6 is 0 Å². The zero-order valence-electron chi connectivity index (χ0n) is 18.0. The number of aliphatic carboxylic acids is 1. The number of alkyl carbamates (subject to hydrolysis) is 1. The van der Waals surface area contributed by atoms with Crippen molar-refractivity contribution in [3.63, 3.8) is 0 Å². The molecule has 2 fully saturated rings. The summed E-state index contributed by atoms with van der Waals surface area (Å²) in [4.78, 5) is 37.6. The van der Waals surface area contributed by atoms with Crippen LogP contribution in [0.25, 0.3) is 11.1 Å². The molecule has 2 aromatic carbocycles. The number of rotatable bonds is 4. The van der Waals surface area contributed by atoms with Gasteiger partial charge >= 0.3 is 12.1 Å². The standard InChI is InChI=1S/C26H24N2O5/c29-24(28-16-11-12-23(28)21(14-16)25(30)31)10-5-13-27-26(32)33-15-22-19-8-3-1-6-17(19)18-7-2-4-9-20(18)22/h1-4,6-9,16,21-23H,11-15H2,(H,27,32)(H,30,31)/t16-,21+,23+/m0/s1. The van der Waals surface area contributed by atoms with Crippen molar-refractivity contribution >= 4 is 18.0 Å². The average Bonchev–Trinajstić information content (AvgIpc) is 3.50. The van der Waals surface area contributed by atoms with Crippen LogP contribution in [0.3, 0.4) is 0 Å². The molecule has 7 heteroatoms. The highest BCUT2D eigenvalue weighted by molar-refractivity contribution is 5.95. The minimum Gasteiger partial charge on any atom is -0.481 e. The van der Waals surface area contributed by atoms with Gasteiger partial charge in [-0.1, -0.05) is 54.5 Å². The quantitative estimate of drug-likeness (QED) is 0.707. The van der Waals surface area contributed by atoms with Gasteiger partial charge in [-0.15, -0.1) is 0 Å².